The molecule has 2 atom stereocenters. The van der Waals surface area contributed by atoms with Crippen LogP contribution in [0.3, 0.4) is 0 Å². The maximum Gasteiger partial charge on any atom is 0.267 e. The van der Waals surface area contributed by atoms with E-state index in [-0.39, 0.29) is 12.2 Å². The molecule has 0 bridgehead atoms. The van der Waals surface area contributed by atoms with Gasteiger partial charge in [0.25, 0.3) is 5.91 Å². The molecule has 9 heteroatoms. The first-order chi connectivity index (χ1) is 16.5. The number of rotatable bonds is 9. The highest BCUT2D eigenvalue weighted by molar-refractivity contribution is 5.90. The van der Waals surface area contributed by atoms with Gasteiger partial charge in [-0.2, -0.15) is 0 Å². The molecule has 0 saturated carbocycles. The fraction of sp³-hybridized carbons (Fsp3) is 0.480. The Morgan fingerprint density at radius 1 is 1.26 bits per heavy atom. The van der Waals surface area contributed by atoms with Gasteiger partial charge in [-0.1, -0.05) is 12.1 Å². The van der Waals surface area contributed by atoms with Crippen molar-refractivity contribution in [2.75, 3.05) is 44.0 Å². The highest BCUT2D eigenvalue weighted by Gasteiger charge is 2.23. The van der Waals surface area contributed by atoms with E-state index in [0.717, 1.165) is 51.1 Å². The largest absolute Gasteiger partial charge is 0.378 e. The topological polar surface area (TPSA) is 91.9 Å². The standard InChI is InChI=1S/C25H34N6O3/c1-30(2)22-7-5-6-19(14-22)17-31-12-11-21(18-31)28-23-16-26-20(15-27-23)9-10-24(32)29-34-25-8-3-4-13-33-25/h5-7,9-10,14-16,21,25H,3-4,8,11-13,17-18H2,1-2H3,(H,27,28)(H,29,32)/b10-9+/t21-,25?/m1/s1. The summed E-state index contributed by atoms with van der Waals surface area (Å²) in [5.74, 6) is 0.376. The summed E-state index contributed by atoms with van der Waals surface area (Å²) < 4.78 is 5.41. The number of nitrogens with zero attached hydrogens (tertiary/aromatic N) is 4. The quantitative estimate of drug-likeness (QED) is 0.431. The van der Waals surface area contributed by atoms with E-state index in [0.29, 0.717) is 18.3 Å². The molecule has 0 spiro atoms. The van der Waals surface area contributed by atoms with Crippen LogP contribution in [-0.4, -0.2) is 66.9 Å². The second kappa shape index (κ2) is 11.9. The number of amides is 1. The minimum atomic E-state index is -0.369. The smallest absolute Gasteiger partial charge is 0.267 e. The number of benzene rings is 1. The number of hydrogen-bond donors (Lipinski definition) is 2. The third-order valence-electron chi connectivity index (χ3n) is 5.96. The Kier molecular flexibility index (Phi) is 8.46. The molecule has 0 radical (unpaired) electrons. The van der Waals surface area contributed by atoms with Gasteiger partial charge in [0.15, 0.2) is 6.29 Å². The highest BCUT2D eigenvalue weighted by atomic mass is 16.8. The lowest BCUT2D eigenvalue weighted by molar-refractivity contribution is -0.198. The first kappa shape index (κ1) is 24.1. The van der Waals surface area contributed by atoms with Gasteiger partial charge in [0, 0.05) is 64.6 Å². The average molecular weight is 467 g/mol. The maximum absolute atomic E-state index is 11.9. The van der Waals surface area contributed by atoms with Crippen molar-refractivity contribution in [1.82, 2.24) is 20.3 Å². The van der Waals surface area contributed by atoms with Crippen LogP contribution in [0.5, 0.6) is 0 Å². The van der Waals surface area contributed by atoms with Crippen molar-refractivity contribution in [2.45, 2.75) is 44.6 Å². The number of hydrogen-bond acceptors (Lipinski definition) is 8. The number of hydroxylamine groups is 1. The van der Waals surface area contributed by atoms with E-state index < -0.39 is 0 Å². The molecular weight excluding hydrogens is 432 g/mol. The van der Waals surface area contributed by atoms with Crippen LogP contribution in [0.1, 0.15) is 36.9 Å². The number of carbonyl (C=O) groups excluding carboxylic acids is 1. The van der Waals surface area contributed by atoms with E-state index >= 15 is 0 Å². The summed E-state index contributed by atoms with van der Waals surface area (Å²) in [6.07, 6.45) is 9.87. The fourth-order valence-corrected chi connectivity index (χ4v) is 4.12. The van der Waals surface area contributed by atoms with Crippen LogP contribution in [0.25, 0.3) is 6.08 Å². The second-order valence-electron chi connectivity index (χ2n) is 8.97. The third kappa shape index (κ3) is 7.24. The van der Waals surface area contributed by atoms with Gasteiger partial charge in [-0.15, -0.1) is 0 Å². The first-order valence-corrected chi connectivity index (χ1v) is 11.9. The maximum atomic E-state index is 11.9. The molecule has 9 nitrogen and oxygen atoms in total. The summed E-state index contributed by atoms with van der Waals surface area (Å²) in [7, 11) is 4.13. The number of likely N-dealkylation sites (tertiary alicyclic amines) is 1. The van der Waals surface area contributed by atoms with Gasteiger partial charge in [0.1, 0.15) is 5.82 Å². The summed E-state index contributed by atoms with van der Waals surface area (Å²) >= 11 is 0. The minimum Gasteiger partial charge on any atom is -0.378 e. The third-order valence-corrected chi connectivity index (χ3v) is 5.96. The van der Waals surface area contributed by atoms with Gasteiger partial charge in [0.2, 0.25) is 0 Å². The Labute approximate surface area is 201 Å². The van der Waals surface area contributed by atoms with Crippen molar-refractivity contribution >= 4 is 23.5 Å². The zero-order chi connectivity index (χ0) is 23.8. The summed E-state index contributed by atoms with van der Waals surface area (Å²) in [4.78, 5) is 30.6. The summed E-state index contributed by atoms with van der Waals surface area (Å²) in [5.41, 5.74) is 5.54. The molecule has 2 aliphatic rings. The van der Waals surface area contributed by atoms with E-state index in [1.54, 1.807) is 18.5 Å². The molecule has 1 aromatic heterocycles. The lowest BCUT2D eigenvalue weighted by Gasteiger charge is -2.21. The van der Waals surface area contributed by atoms with Gasteiger partial charge in [-0.05, 0) is 43.0 Å². The van der Waals surface area contributed by atoms with Crippen LogP contribution in [-0.2, 0) is 20.9 Å². The lowest BCUT2D eigenvalue weighted by atomic mass is 10.2. The number of ether oxygens (including phenoxy) is 1. The number of aromatic nitrogens is 2. The minimum absolute atomic E-state index is 0.331. The van der Waals surface area contributed by atoms with Crippen molar-refractivity contribution in [3.63, 3.8) is 0 Å². The van der Waals surface area contributed by atoms with Crippen molar-refractivity contribution in [3.05, 3.63) is 54.0 Å². The molecule has 34 heavy (non-hydrogen) atoms. The van der Waals surface area contributed by atoms with Crippen molar-refractivity contribution < 1.29 is 14.4 Å². The van der Waals surface area contributed by atoms with Crippen LogP contribution >= 0.6 is 0 Å². The predicted molar refractivity (Wildman–Crippen MR) is 132 cm³/mol. The number of nitrogens with one attached hydrogen (secondary N) is 2. The van der Waals surface area contributed by atoms with Crippen LogP contribution < -0.4 is 15.7 Å². The lowest BCUT2D eigenvalue weighted by Crippen LogP contribution is -2.32. The van der Waals surface area contributed by atoms with E-state index in [1.165, 1.54) is 17.3 Å². The van der Waals surface area contributed by atoms with Crippen LogP contribution in [0.2, 0.25) is 0 Å². The van der Waals surface area contributed by atoms with Crippen LogP contribution in [0, 0.1) is 0 Å². The van der Waals surface area contributed by atoms with Crippen molar-refractivity contribution in [2.24, 2.45) is 0 Å². The predicted octanol–water partition coefficient (Wildman–Crippen LogP) is 2.82. The van der Waals surface area contributed by atoms with Gasteiger partial charge < -0.3 is 15.0 Å². The van der Waals surface area contributed by atoms with Gasteiger partial charge in [0.05, 0.1) is 18.1 Å². The van der Waals surface area contributed by atoms with Crippen molar-refractivity contribution in [3.8, 4) is 0 Å². The number of anilines is 2. The highest BCUT2D eigenvalue weighted by Crippen LogP contribution is 2.19. The molecule has 2 N–H and O–H groups in total. The van der Waals surface area contributed by atoms with Gasteiger partial charge in [-0.25, -0.2) is 15.3 Å². The molecule has 1 amide bonds. The molecule has 3 heterocycles. The van der Waals surface area contributed by atoms with Gasteiger partial charge >= 0.3 is 0 Å². The molecule has 2 saturated heterocycles. The van der Waals surface area contributed by atoms with Crippen LogP contribution in [0.15, 0.2) is 42.7 Å². The molecule has 2 aromatic rings. The molecule has 1 unspecified atom stereocenters. The van der Waals surface area contributed by atoms with E-state index in [9.17, 15) is 4.79 Å². The molecular formula is C25H34N6O3. The summed E-state index contributed by atoms with van der Waals surface area (Å²) in [6, 6.07) is 9.00. The zero-order valence-corrected chi connectivity index (χ0v) is 19.9. The van der Waals surface area contributed by atoms with E-state index in [2.05, 4.69) is 68.9 Å². The zero-order valence-electron chi connectivity index (χ0n) is 19.9. The van der Waals surface area contributed by atoms with Crippen LogP contribution in [0.4, 0.5) is 11.5 Å². The van der Waals surface area contributed by atoms with E-state index in [1.807, 2.05) is 0 Å². The normalized spacial score (nSPS) is 21.0. The Morgan fingerprint density at radius 2 is 2.18 bits per heavy atom. The van der Waals surface area contributed by atoms with Crippen molar-refractivity contribution in [1.29, 1.82) is 0 Å². The summed E-state index contributed by atoms with van der Waals surface area (Å²) in [6.45, 7) is 3.60. The SMILES string of the molecule is CN(C)c1cccc(CN2CC[C@@H](Nc3cnc(/C=C/C(=O)NOC4CCCCO4)cn3)C2)c1. The van der Waals surface area contributed by atoms with E-state index in [4.69, 9.17) is 9.57 Å². The Hall–Kier alpha value is -3.01. The Balaban J connectivity index is 1.20. The molecule has 1 aromatic carbocycles. The molecule has 182 valence electrons. The Morgan fingerprint density at radius 3 is 2.94 bits per heavy atom. The molecule has 0 aliphatic carbocycles. The summed E-state index contributed by atoms with van der Waals surface area (Å²) in [5, 5.41) is 3.47. The Bertz CT molecular complexity index is 959. The molecule has 4 rings (SSSR count). The molecule has 2 aliphatic heterocycles. The van der Waals surface area contributed by atoms with Gasteiger partial charge in [-0.3, -0.25) is 14.7 Å². The first-order valence-electron chi connectivity index (χ1n) is 11.9. The fourth-order valence-electron chi connectivity index (χ4n) is 4.12. The monoisotopic (exact) mass is 466 g/mol. The number of carbonyl (C=O) groups is 1. The average Bonchev–Trinajstić information content (AvgIpc) is 3.29. The second-order valence-corrected chi connectivity index (χ2v) is 8.97. The molecule has 2 fully saturated rings.